The SMILES string of the molecule is c1ccc(Cc2ccc(-c3ccnnc3)cc2)nc1. The van der Waals surface area contributed by atoms with E-state index >= 15 is 0 Å². The molecule has 0 saturated heterocycles. The first kappa shape index (κ1) is 11.5. The molecule has 0 spiro atoms. The van der Waals surface area contributed by atoms with Gasteiger partial charge in [-0.1, -0.05) is 30.3 Å². The highest BCUT2D eigenvalue weighted by Gasteiger charge is 2.00. The molecule has 0 amide bonds. The lowest BCUT2D eigenvalue weighted by Gasteiger charge is -2.04. The second-order valence-corrected chi connectivity index (χ2v) is 4.33. The normalized spacial score (nSPS) is 10.3. The van der Waals surface area contributed by atoms with E-state index in [2.05, 4.69) is 39.4 Å². The molecule has 0 aliphatic rings. The van der Waals surface area contributed by atoms with E-state index in [-0.39, 0.29) is 0 Å². The van der Waals surface area contributed by atoms with Crippen LogP contribution in [0.15, 0.2) is 67.1 Å². The minimum absolute atomic E-state index is 0.857. The highest BCUT2D eigenvalue weighted by Crippen LogP contribution is 2.18. The quantitative estimate of drug-likeness (QED) is 0.713. The van der Waals surface area contributed by atoms with Gasteiger partial charge in [0.05, 0.1) is 12.4 Å². The molecule has 2 aromatic heterocycles. The predicted octanol–water partition coefficient (Wildman–Crippen LogP) is 3.13. The van der Waals surface area contributed by atoms with Gasteiger partial charge < -0.3 is 0 Å². The molecular weight excluding hydrogens is 234 g/mol. The van der Waals surface area contributed by atoms with Crippen LogP contribution in [-0.2, 0) is 6.42 Å². The molecule has 92 valence electrons. The molecule has 3 aromatic rings. The van der Waals surface area contributed by atoms with Crippen LogP contribution in [0.1, 0.15) is 11.3 Å². The molecule has 0 atom stereocenters. The van der Waals surface area contributed by atoms with Gasteiger partial charge >= 0.3 is 0 Å². The first-order valence-corrected chi connectivity index (χ1v) is 6.18. The fourth-order valence-corrected chi connectivity index (χ4v) is 1.99. The van der Waals surface area contributed by atoms with Crippen molar-refractivity contribution in [2.45, 2.75) is 6.42 Å². The molecule has 3 nitrogen and oxygen atoms in total. The number of benzene rings is 1. The largest absolute Gasteiger partial charge is 0.261 e. The van der Waals surface area contributed by atoms with Crippen molar-refractivity contribution in [1.82, 2.24) is 15.2 Å². The first-order chi connectivity index (χ1) is 9.42. The Balaban J connectivity index is 1.80. The molecule has 2 heterocycles. The fourth-order valence-electron chi connectivity index (χ4n) is 1.99. The van der Waals surface area contributed by atoms with E-state index in [1.165, 1.54) is 5.56 Å². The Kier molecular flexibility index (Phi) is 3.28. The van der Waals surface area contributed by atoms with Crippen molar-refractivity contribution in [3.05, 3.63) is 78.4 Å². The minimum Gasteiger partial charge on any atom is -0.261 e. The molecule has 19 heavy (non-hydrogen) atoms. The van der Waals surface area contributed by atoms with Crippen molar-refractivity contribution in [2.24, 2.45) is 0 Å². The number of hydrogen-bond acceptors (Lipinski definition) is 3. The van der Waals surface area contributed by atoms with Crippen LogP contribution in [0.5, 0.6) is 0 Å². The second kappa shape index (κ2) is 5.40. The van der Waals surface area contributed by atoms with Crippen molar-refractivity contribution < 1.29 is 0 Å². The van der Waals surface area contributed by atoms with Crippen molar-refractivity contribution in [2.75, 3.05) is 0 Å². The van der Waals surface area contributed by atoms with Gasteiger partial charge in [0.25, 0.3) is 0 Å². The summed E-state index contributed by atoms with van der Waals surface area (Å²) in [6.07, 6.45) is 6.16. The average molecular weight is 247 g/mol. The van der Waals surface area contributed by atoms with Crippen LogP contribution in [0.4, 0.5) is 0 Å². The van der Waals surface area contributed by atoms with Crippen LogP contribution in [0.25, 0.3) is 11.1 Å². The van der Waals surface area contributed by atoms with E-state index in [0.717, 1.165) is 23.2 Å². The van der Waals surface area contributed by atoms with Gasteiger partial charge in [-0.15, -0.1) is 0 Å². The molecule has 0 saturated carbocycles. The summed E-state index contributed by atoms with van der Waals surface area (Å²) in [5.41, 5.74) is 4.57. The Hall–Kier alpha value is -2.55. The molecule has 3 rings (SSSR count). The third-order valence-electron chi connectivity index (χ3n) is 2.98. The molecule has 0 bridgehead atoms. The van der Waals surface area contributed by atoms with Crippen LogP contribution < -0.4 is 0 Å². The molecule has 0 N–H and O–H groups in total. The van der Waals surface area contributed by atoms with Gasteiger partial charge in [0.15, 0.2) is 0 Å². The molecule has 0 fully saturated rings. The molecule has 0 aliphatic heterocycles. The smallest absolute Gasteiger partial charge is 0.0574 e. The molecule has 1 aromatic carbocycles. The maximum Gasteiger partial charge on any atom is 0.0574 e. The summed E-state index contributed by atoms with van der Waals surface area (Å²) in [6, 6.07) is 16.4. The Morgan fingerprint density at radius 1 is 0.737 bits per heavy atom. The molecule has 3 heteroatoms. The minimum atomic E-state index is 0.857. The summed E-state index contributed by atoms with van der Waals surface area (Å²) in [5, 5.41) is 7.68. The van der Waals surface area contributed by atoms with Gasteiger partial charge in [0.2, 0.25) is 0 Å². The summed E-state index contributed by atoms with van der Waals surface area (Å²) < 4.78 is 0. The van der Waals surface area contributed by atoms with Crippen LogP contribution in [-0.4, -0.2) is 15.2 Å². The zero-order valence-corrected chi connectivity index (χ0v) is 10.4. The highest BCUT2D eigenvalue weighted by molar-refractivity contribution is 5.62. The summed E-state index contributed by atoms with van der Waals surface area (Å²) >= 11 is 0. The summed E-state index contributed by atoms with van der Waals surface area (Å²) in [7, 11) is 0. The summed E-state index contributed by atoms with van der Waals surface area (Å²) in [6.45, 7) is 0. The number of rotatable bonds is 3. The maximum atomic E-state index is 4.34. The van der Waals surface area contributed by atoms with Crippen LogP contribution >= 0.6 is 0 Å². The molecule has 0 aliphatic carbocycles. The average Bonchev–Trinajstić information content (AvgIpc) is 2.50. The van der Waals surface area contributed by atoms with Crippen LogP contribution in [0.3, 0.4) is 0 Å². The van der Waals surface area contributed by atoms with E-state index in [1.54, 1.807) is 12.4 Å². The number of pyridine rings is 1. The zero-order chi connectivity index (χ0) is 12.9. The lowest BCUT2D eigenvalue weighted by molar-refractivity contribution is 1.03. The molecule has 0 radical (unpaired) electrons. The highest BCUT2D eigenvalue weighted by atomic mass is 15.1. The van der Waals surface area contributed by atoms with Gasteiger partial charge in [-0.2, -0.15) is 10.2 Å². The Morgan fingerprint density at radius 2 is 1.63 bits per heavy atom. The van der Waals surface area contributed by atoms with E-state index in [4.69, 9.17) is 0 Å². The molecular formula is C16H13N3. The third-order valence-corrected chi connectivity index (χ3v) is 2.98. The first-order valence-electron chi connectivity index (χ1n) is 6.18. The number of aromatic nitrogens is 3. The lowest BCUT2D eigenvalue weighted by atomic mass is 10.0. The second-order valence-electron chi connectivity index (χ2n) is 4.33. The number of hydrogen-bond donors (Lipinski definition) is 0. The third kappa shape index (κ3) is 2.83. The topological polar surface area (TPSA) is 38.7 Å². The van der Waals surface area contributed by atoms with E-state index < -0.39 is 0 Å². The summed E-state index contributed by atoms with van der Waals surface area (Å²) in [4.78, 5) is 4.34. The standard InChI is InChI=1S/C16H13N3/c1-2-9-17-16(3-1)11-13-4-6-14(7-5-13)15-8-10-18-19-12-15/h1-10,12H,11H2. The Bertz CT molecular complexity index is 634. The van der Waals surface area contributed by atoms with Gasteiger partial charge in [-0.25, -0.2) is 0 Å². The van der Waals surface area contributed by atoms with E-state index in [0.29, 0.717) is 0 Å². The summed E-state index contributed by atoms with van der Waals surface area (Å²) in [5.74, 6) is 0. The van der Waals surface area contributed by atoms with Crippen molar-refractivity contribution in [3.8, 4) is 11.1 Å². The van der Waals surface area contributed by atoms with E-state index in [9.17, 15) is 0 Å². The molecule has 0 unspecified atom stereocenters. The zero-order valence-electron chi connectivity index (χ0n) is 10.4. The van der Waals surface area contributed by atoms with Crippen molar-refractivity contribution >= 4 is 0 Å². The lowest BCUT2D eigenvalue weighted by Crippen LogP contribution is -1.91. The maximum absolute atomic E-state index is 4.34. The van der Waals surface area contributed by atoms with Crippen molar-refractivity contribution in [3.63, 3.8) is 0 Å². The fraction of sp³-hybridized carbons (Fsp3) is 0.0625. The van der Waals surface area contributed by atoms with Crippen LogP contribution in [0, 0.1) is 0 Å². The Morgan fingerprint density at radius 3 is 2.32 bits per heavy atom. The van der Waals surface area contributed by atoms with Crippen molar-refractivity contribution in [1.29, 1.82) is 0 Å². The van der Waals surface area contributed by atoms with Crippen LogP contribution in [0.2, 0.25) is 0 Å². The van der Waals surface area contributed by atoms with Gasteiger partial charge in [0.1, 0.15) is 0 Å². The van der Waals surface area contributed by atoms with Gasteiger partial charge in [-0.3, -0.25) is 4.98 Å². The van der Waals surface area contributed by atoms with Gasteiger partial charge in [-0.05, 0) is 29.3 Å². The predicted molar refractivity (Wildman–Crippen MR) is 74.5 cm³/mol. The van der Waals surface area contributed by atoms with Gasteiger partial charge in [0, 0.05) is 23.9 Å². The Labute approximate surface area is 112 Å². The monoisotopic (exact) mass is 247 g/mol. The van der Waals surface area contributed by atoms with E-state index in [1.807, 2.05) is 30.5 Å². The number of nitrogens with zero attached hydrogens (tertiary/aromatic N) is 3.